The van der Waals surface area contributed by atoms with E-state index in [0.717, 1.165) is 18.4 Å². The van der Waals surface area contributed by atoms with Crippen LogP contribution in [-0.2, 0) is 13.5 Å². The summed E-state index contributed by atoms with van der Waals surface area (Å²) in [5.74, 6) is 0. The highest BCUT2D eigenvalue weighted by molar-refractivity contribution is 6.30. The van der Waals surface area contributed by atoms with Gasteiger partial charge in [0.25, 0.3) is 0 Å². The molecule has 0 spiro atoms. The molecule has 1 aromatic heterocycles. The van der Waals surface area contributed by atoms with Gasteiger partial charge < -0.3 is 15.7 Å². The lowest BCUT2D eigenvalue weighted by Gasteiger charge is -2.16. The number of nitrogens with zero attached hydrogens (tertiary/aromatic N) is 2. The lowest BCUT2D eigenvalue weighted by molar-refractivity contribution is 0.172. The molecule has 0 fully saturated rings. The van der Waals surface area contributed by atoms with Crippen LogP contribution in [0.25, 0.3) is 0 Å². The number of carbonyl (C=O) groups excluding carboxylic acids is 1. The molecule has 2 amide bonds. The van der Waals surface area contributed by atoms with Gasteiger partial charge in [0, 0.05) is 30.4 Å². The lowest BCUT2D eigenvalue weighted by Crippen LogP contribution is -2.39. The van der Waals surface area contributed by atoms with Crippen LogP contribution in [0.5, 0.6) is 0 Å². The van der Waals surface area contributed by atoms with Gasteiger partial charge in [-0.1, -0.05) is 17.7 Å². The number of nitrogens with one attached hydrogen (secondary N) is 2. The number of carbonyl (C=O) groups is 1. The van der Waals surface area contributed by atoms with Gasteiger partial charge in [-0.15, -0.1) is 0 Å². The summed E-state index contributed by atoms with van der Waals surface area (Å²) >= 11 is 5.99. The standard InChI is InChI=1S/C16H19ClN4O2/c1-21-9-11(7-19-21)15(22)8-18-16(23)20-14-5-2-10-6-12(17)3-4-13(10)14/h3-4,6-7,9,14-15,22H,2,5,8H2,1H3,(H2,18,20,23)/t14-,15-/m1/s1. The molecule has 0 radical (unpaired) electrons. The van der Waals surface area contributed by atoms with Gasteiger partial charge in [0.15, 0.2) is 0 Å². The summed E-state index contributed by atoms with van der Waals surface area (Å²) in [5.41, 5.74) is 2.96. The van der Waals surface area contributed by atoms with Gasteiger partial charge in [-0.25, -0.2) is 4.79 Å². The Bertz CT molecular complexity index is 716. The minimum absolute atomic E-state index is 0.0159. The van der Waals surface area contributed by atoms with E-state index in [9.17, 15) is 9.90 Å². The third-order valence-corrected chi connectivity index (χ3v) is 4.29. The fourth-order valence-electron chi connectivity index (χ4n) is 2.86. The van der Waals surface area contributed by atoms with Crippen LogP contribution >= 0.6 is 11.6 Å². The fourth-order valence-corrected chi connectivity index (χ4v) is 3.06. The third kappa shape index (κ3) is 3.65. The second kappa shape index (κ2) is 6.60. The number of amides is 2. The van der Waals surface area contributed by atoms with Crippen LogP contribution in [0, 0.1) is 0 Å². The Morgan fingerprint density at radius 1 is 1.57 bits per heavy atom. The van der Waals surface area contributed by atoms with Crippen LogP contribution in [-0.4, -0.2) is 27.5 Å². The molecule has 3 N–H and O–H groups in total. The molecule has 6 nitrogen and oxygen atoms in total. The second-order valence-corrected chi connectivity index (χ2v) is 6.19. The van der Waals surface area contributed by atoms with Crippen molar-refractivity contribution in [2.45, 2.75) is 25.0 Å². The Hall–Kier alpha value is -2.05. The Morgan fingerprint density at radius 3 is 3.13 bits per heavy atom. The molecule has 0 saturated heterocycles. The van der Waals surface area contributed by atoms with Crippen molar-refractivity contribution in [3.63, 3.8) is 0 Å². The molecule has 3 rings (SSSR count). The number of hydrogen-bond donors (Lipinski definition) is 3. The van der Waals surface area contributed by atoms with Crippen LogP contribution in [0.3, 0.4) is 0 Å². The molecule has 0 aliphatic heterocycles. The van der Waals surface area contributed by atoms with E-state index < -0.39 is 6.10 Å². The number of hydrogen-bond acceptors (Lipinski definition) is 3. The molecular weight excluding hydrogens is 316 g/mol. The maximum Gasteiger partial charge on any atom is 0.315 e. The number of halogens is 1. The zero-order chi connectivity index (χ0) is 16.4. The van der Waals surface area contributed by atoms with Crippen molar-refractivity contribution in [3.8, 4) is 0 Å². The lowest BCUT2D eigenvalue weighted by atomic mass is 10.1. The number of fused-ring (bicyclic) bond motifs is 1. The Morgan fingerprint density at radius 2 is 2.39 bits per heavy atom. The van der Waals surface area contributed by atoms with E-state index in [-0.39, 0.29) is 18.6 Å². The number of benzene rings is 1. The van der Waals surface area contributed by atoms with Crippen molar-refractivity contribution < 1.29 is 9.90 Å². The second-order valence-electron chi connectivity index (χ2n) is 5.75. The number of urea groups is 1. The summed E-state index contributed by atoms with van der Waals surface area (Å²) in [7, 11) is 1.78. The molecule has 122 valence electrons. The molecule has 7 heteroatoms. The van der Waals surface area contributed by atoms with Crippen LogP contribution in [0.15, 0.2) is 30.6 Å². The minimum atomic E-state index is -0.774. The summed E-state index contributed by atoms with van der Waals surface area (Å²) in [6, 6.07) is 5.44. The van der Waals surface area contributed by atoms with Gasteiger partial charge in [0.2, 0.25) is 0 Å². The first-order chi connectivity index (χ1) is 11.0. The molecule has 1 heterocycles. The van der Waals surface area contributed by atoms with E-state index in [1.54, 1.807) is 24.1 Å². The van der Waals surface area contributed by atoms with Crippen LogP contribution in [0.4, 0.5) is 4.79 Å². The monoisotopic (exact) mass is 334 g/mol. The van der Waals surface area contributed by atoms with E-state index in [1.165, 1.54) is 5.56 Å². The molecule has 0 saturated carbocycles. The molecule has 23 heavy (non-hydrogen) atoms. The zero-order valence-corrected chi connectivity index (χ0v) is 13.5. The quantitative estimate of drug-likeness (QED) is 0.801. The molecule has 1 aromatic carbocycles. The number of aliphatic hydroxyl groups is 1. The summed E-state index contributed by atoms with van der Waals surface area (Å²) in [6.45, 7) is 0.137. The van der Waals surface area contributed by atoms with Gasteiger partial charge in [0.1, 0.15) is 0 Å². The van der Waals surface area contributed by atoms with E-state index in [0.29, 0.717) is 10.6 Å². The fraction of sp³-hybridized carbons (Fsp3) is 0.375. The summed E-state index contributed by atoms with van der Waals surface area (Å²) in [6.07, 6.45) is 4.29. The van der Waals surface area contributed by atoms with E-state index in [4.69, 9.17) is 11.6 Å². The van der Waals surface area contributed by atoms with Crippen molar-refractivity contribution in [1.82, 2.24) is 20.4 Å². The summed E-state index contributed by atoms with van der Waals surface area (Å²) in [5, 5.41) is 20.4. The summed E-state index contributed by atoms with van der Waals surface area (Å²) < 4.78 is 1.61. The third-order valence-electron chi connectivity index (χ3n) is 4.05. The molecule has 0 bridgehead atoms. The number of aryl methyl sites for hydroxylation is 2. The van der Waals surface area contributed by atoms with Crippen molar-refractivity contribution in [1.29, 1.82) is 0 Å². The van der Waals surface area contributed by atoms with Crippen molar-refractivity contribution in [3.05, 3.63) is 52.3 Å². The zero-order valence-electron chi connectivity index (χ0n) is 12.8. The Balaban J connectivity index is 1.53. The van der Waals surface area contributed by atoms with E-state index >= 15 is 0 Å². The van der Waals surface area contributed by atoms with Crippen molar-refractivity contribution >= 4 is 17.6 Å². The molecular formula is C16H19ClN4O2. The van der Waals surface area contributed by atoms with Crippen molar-refractivity contribution in [2.24, 2.45) is 7.05 Å². The molecule has 1 aliphatic carbocycles. The molecule has 0 unspecified atom stereocenters. The first-order valence-electron chi connectivity index (χ1n) is 7.52. The average Bonchev–Trinajstić information content (AvgIpc) is 3.11. The topological polar surface area (TPSA) is 79.2 Å². The van der Waals surface area contributed by atoms with E-state index in [1.807, 2.05) is 18.2 Å². The van der Waals surface area contributed by atoms with E-state index in [2.05, 4.69) is 15.7 Å². The van der Waals surface area contributed by atoms with Crippen LogP contribution in [0.2, 0.25) is 5.02 Å². The first kappa shape index (κ1) is 15.8. The largest absolute Gasteiger partial charge is 0.386 e. The summed E-state index contributed by atoms with van der Waals surface area (Å²) in [4.78, 5) is 12.0. The van der Waals surface area contributed by atoms with Gasteiger partial charge in [-0.3, -0.25) is 4.68 Å². The maximum atomic E-state index is 12.0. The predicted octanol–water partition coefficient (Wildman–Crippen LogP) is 2.09. The van der Waals surface area contributed by atoms with Crippen LogP contribution < -0.4 is 10.6 Å². The highest BCUT2D eigenvalue weighted by atomic mass is 35.5. The molecule has 2 atom stereocenters. The Labute approximate surface area is 139 Å². The maximum absolute atomic E-state index is 12.0. The highest BCUT2D eigenvalue weighted by Gasteiger charge is 2.24. The number of aromatic nitrogens is 2. The number of rotatable bonds is 4. The number of aliphatic hydroxyl groups excluding tert-OH is 1. The first-order valence-corrected chi connectivity index (χ1v) is 7.90. The Kier molecular flexibility index (Phi) is 4.54. The predicted molar refractivity (Wildman–Crippen MR) is 87.2 cm³/mol. The highest BCUT2D eigenvalue weighted by Crippen LogP contribution is 2.32. The average molecular weight is 335 g/mol. The molecule has 2 aromatic rings. The smallest absolute Gasteiger partial charge is 0.315 e. The SMILES string of the molecule is Cn1cc([C@H](O)CNC(=O)N[C@@H]2CCc3cc(Cl)ccc32)cn1. The van der Waals surface area contributed by atoms with Gasteiger partial charge in [-0.2, -0.15) is 5.10 Å². The van der Waals surface area contributed by atoms with Gasteiger partial charge in [-0.05, 0) is 36.1 Å². The van der Waals surface area contributed by atoms with Gasteiger partial charge in [0.05, 0.1) is 18.3 Å². The van der Waals surface area contributed by atoms with Crippen LogP contribution in [0.1, 0.15) is 35.3 Å². The minimum Gasteiger partial charge on any atom is -0.386 e. The normalized spacial score (nSPS) is 17.6. The van der Waals surface area contributed by atoms with Crippen molar-refractivity contribution in [2.75, 3.05) is 6.54 Å². The van der Waals surface area contributed by atoms with Gasteiger partial charge >= 0.3 is 6.03 Å². The molecule has 1 aliphatic rings.